The number of halogens is 3. The number of carboxylic acids is 1. The van der Waals surface area contributed by atoms with Crippen molar-refractivity contribution >= 4 is 12.0 Å². The summed E-state index contributed by atoms with van der Waals surface area (Å²) in [6.07, 6.45) is -4.53. The lowest BCUT2D eigenvalue weighted by atomic mass is 10.2. The Balaban J connectivity index is 2.55. The molecule has 0 saturated carbocycles. The molecule has 1 atom stereocenters. The Morgan fingerprint density at radius 2 is 2.06 bits per heavy atom. The number of carbonyl (C=O) groups is 2. The van der Waals surface area contributed by atoms with Crippen molar-refractivity contribution in [1.82, 2.24) is 9.80 Å². The number of urea groups is 1. The Kier molecular flexibility index (Phi) is 4.42. The summed E-state index contributed by atoms with van der Waals surface area (Å²) in [6.45, 7) is -0.197. The topological polar surface area (TPSA) is 60.9 Å². The largest absolute Gasteiger partial charge is 0.480 e. The molecule has 0 aromatic rings. The van der Waals surface area contributed by atoms with Crippen molar-refractivity contribution in [1.29, 1.82) is 0 Å². The first-order valence-electron chi connectivity index (χ1n) is 5.53. The number of aliphatic carboxylic acids is 1. The molecule has 5 nitrogen and oxygen atoms in total. The summed E-state index contributed by atoms with van der Waals surface area (Å²) in [4.78, 5) is 24.7. The number of alkyl halides is 3. The second-order valence-corrected chi connectivity index (χ2v) is 4.26. The van der Waals surface area contributed by atoms with Crippen molar-refractivity contribution in [2.45, 2.75) is 31.5 Å². The normalized spacial score (nSPS) is 20.0. The number of carbonyl (C=O) groups excluding carboxylic acids is 1. The molecule has 1 saturated heterocycles. The Morgan fingerprint density at radius 3 is 2.56 bits per heavy atom. The maximum atomic E-state index is 12.0. The highest BCUT2D eigenvalue weighted by Gasteiger charge is 2.36. The summed E-state index contributed by atoms with van der Waals surface area (Å²) in [6, 6.07) is -1.59. The summed E-state index contributed by atoms with van der Waals surface area (Å²) in [5.74, 6) is -1.12. The van der Waals surface area contributed by atoms with Crippen LogP contribution in [0.1, 0.15) is 19.3 Å². The van der Waals surface area contributed by atoms with E-state index in [0.717, 1.165) is 9.80 Å². The maximum absolute atomic E-state index is 12.0. The number of nitrogens with zero attached hydrogens (tertiary/aromatic N) is 2. The fourth-order valence-electron chi connectivity index (χ4n) is 1.86. The molecule has 0 unspecified atom stereocenters. The van der Waals surface area contributed by atoms with Gasteiger partial charge < -0.3 is 14.9 Å². The number of likely N-dealkylation sites (tertiary alicyclic amines) is 1. The van der Waals surface area contributed by atoms with E-state index in [0.29, 0.717) is 12.8 Å². The summed E-state index contributed by atoms with van der Waals surface area (Å²) in [5, 5.41) is 8.88. The number of rotatable bonds is 3. The first kappa shape index (κ1) is 14.6. The molecule has 1 fully saturated rings. The molecule has 8 heteroatoms. The van der Waals surface area contributed by atoms with Gasteiger partial charge in [-0.15, -0.1) is 0 Å². The van der Waals surface area contributed by atoms with Gasteiger partial charge in [0.15, 0.2) is 0 Å². The second kappa shape index (κ2) is 5.45. The van der Waals surface area contributed by atoms with Gasteiger partial charge in [0.2, 0.25) is 0 Å². The number of hydrogen-bond donors (Lipinski definition) is 1. The third-order valence-corrected chi connectivity index (χ3v) is 2.84. The summed E-state index contributed by atoms with van der Waals surface area (Å²) in [5.41, 5.74) is 0. The SMILES string of the molecule is CN(CCC(F)(F)F)C(=O)N1CCC[C@@H]1C(=O)O. The maximum Gasteiger partial charge on any atom is 0.390 e. The summed E-state index contributed by atoms with van der Waals surface area (Å²) < 4.78 is 36.0. The summed E-state index contributed by atoms with van der Waals surface area (Å²) >= 11 is 0. The number of carboxylic acid groups (broad SMARTS) is 1. The van der Waals surface area contributed by atoms with Crippen LogP contribution in [-0.2, 0) is 4.79 Å². The molecule has 0 aromatic heterocycles. The Morgan fingerprint density at radius 1 is 1.44 bits per heavy atom. The van der Waals surface area contributed by atoms with Gasteiger partial charge >= 0.3 is 18.2 Å². The third kappa shape index (κ3) is 3.78. The number of amides is 2. The van der Waals surface area contributed by atoms with Crippen LogP contribution in [0.5, 0.6) is 0 Å². The zero-order valence-electron chi connectivity index (χ0n) is 9.90. The molecule has 0 aromatic carbocycles. The second-order valence-electron chi connectivity index (χ2n) is 4.26. The Hall–Kier alpha value is -1.47. The van der Waals surface area contributed by atoms with Crippen LogP contribution in [0.4, 0.5) is 18.0 Å². The van der Waals surface area contributed by atoms with E-state index < -0.39 is 37.2 Å². The highest BCUT2D eigenvalue weighted by molar-refractivity contribution is 5.83. The molecule has 0 radical (unpaired) electrons. The van der Waals surface area contributed by atoms with Crippen LogP contribution in [0, 0.1) is 0 Å². The molecule has 1 rings (SSSR count). The van der Waals surface area contributed by atoms with E-state index in [1.807, 2.05) is 0 Å². The smallest absolute Gasteiger partial charge is 0.390 e. The molecule has 0 bridgehead atoms. The van der Waals surface area contributed by atoms with Crippen molar-refractivity contribution in [3.63, 3.8) is 0 Å². The van der Waals surface area contributed by atoms with Crippen molar-refractivity contribution in [3.8, 4) is 0 Å². The molecular weight excluding hydrogens is 253 g/mol. The lowest BCUT2D eigenvalue weighted by molar-refractivity contribution is -0.142. The first-order chi connectivity index (χ1) is 8.22. The quantitative estimate of drug-likeness (QED) is 0.844. The molecule has 104 valence electrons. The highest BCUT2D eigenvalue weighted by Crippen LogP contribution is 2.22. The zero-order valence-corrected chi connectivity index (χ0v) is 9.90. The van der Waals surface area contributed by atoms with Gasteiger partial charge in [0.1, 0.15) is 6.04 Å². The Labute approximate surface area is 102 Å². The average molecular weight is 268 g/mol. The molecule has 0 spiro atoms. The van der Waals surface area contributed by atoms with E-state index >= 15 is 0 Å². The minimum absolute atomic E-state index is 0.270. The molecule has 2 amide bonds. The van der Waals surface area contributed by atoms with E-state index in [1.54, 1.807) is 0 Å². The van der Waals surface area contributed by atoms with Crippen LogP contribution in [0.15, 0.2) is 0 Å². The van der Waals surface area contributed by atoms with Crippen LogP contribution in [-0.4, -0.2) is 59.3 Å². The first-order valence-corrected chi connectivity index (χ1v) is 5.53. The fourth-order valence-corrected chi connectivity index (χ4v) is 1.86. The van der Waals surface area contributed by atoms with Crippen LogP contribution in [0.3, 0.4) is 0 Å². The zero-order chi connectivity index (χ0) is 13.9. The monoisotopic (exact) mass is 268 g/mol. The van der Waals surface area contributed by atoms with Gasteiger partial charge in [-0.2, -0.15) is 13.2 Å². The van der Waals surface area contributed by atoms with Gasteiger partial charge in [0, 0.05) is 20.1 Å². The van der Waals surface area contributed by atoms with Crippen LogP contribution >= 0.6 is 0 Å². The van der Waals surface area contributed by atoms with Gasteiger partial charge in [-0.1, -0.05) is 0 Å². The fraction of sp³-hybridized carbons (Fsp3) is 0.800. The summed E-state index contributed by atoms with van der Waals surface area (Å²) in [7, 11) is 1.24. The minimum Gasteiger partial charge on any atom is -0.480 e. The predicted molar refractivity (Wildman–Crippen MR) is 56.1 cm³/mol. The van der Waals surface area contributed by atoms with E-state index in [4.69, 9.17) is 5.11 Å². The van der Waals surface area contributed by atoms with Gasteiger partial charge in [-0.3, -0.25) is 0 Å². The van der Waals surface area contributed by atoms with E-state index in [-0.39, 0.29) is 6.54 Å². The molecule has 1 aliphatic rings. The third-order valence-electron chi connectivity index (χ3n) is 2.84. The standard InChI is InChI=1S/C10H15F3N2O3/c1-14(6-4-10(11,12)13)9(18)15-5-2-3-7(15)8(16)17/h7H,2-6H2,1H3,(H,16,17)/t7-/m1/s1. The number of hydrogen-bond acceptors (Lipinski definition) is 2. The average Bonchev–Trinajstić information content (AvgIpc) is 2.72. The van der Waals surface area contributed by atoms with E-state index in [1.165, 1.54) is 7.05 Å². The molecule has 1 heterocycles. The minimum atomic E-state index is -4.33. The molecular formula is C10H15F3N2O3. The van der Waals surface area contributed by atoms with Gasteiger partial charge in [-0.25, -0.2) is 9.59 Å². The van der Waals surface area contributed by atoms with E-state index in [9.17, 15) is 22.8 Å². The molecule has 18 heavy (non-hydrogen) atoms. The molecule has 0 aliphatic carbocycles. The van der Waals surface area contributed by atoms with Crippen molar-refractivity contribution < 1.29 is 27.9 Å². The van der Waals surface area contributed by atoms with Gasteiger partial charge in [-0.05, 0) is 12.8 Å². The van der Waals surface area contributed by atoms with Gasteiger partial charge in [0.05, 0.1) is 6.42 Å². The van der Waals surface area contributed by atoms with Crippen LogP contribution in [0.25, 0.3) is 0 Å². The van der Waals surface area contributed by atoms with Gasteiger partial charge in [0.25, 0.3) is 0 Å². The van der Waals surface area contributed by atoms with Crippen molar-refractivity contribution in [3.05, 3.63) is 0 Å². The molecule has 1 N–H and O–H groups in total. The lowest BCUT2D eigenvalue weighted by Gasteiger charge is -2.27. The highest BCUT2D eigenvalue weighted by atomic mass is 19.4. The predicted octanol–water partition coefficient (Wildman–Crippen LogP) is 1.54. The Bertz CT molecular complexity index is 333. The lowest BCUT2D eigenvalue weighted by Crippen LogP contribution is -2.47. The van der Waals surface area contributed by atoms with Crippen LogP contribution in [0.2, 0.25) is 0 Å². The van der Waals surface area contributed by atoms with Crippen LogP contribution < -0.4 is 0 Å². The van der Waals surface area contributed by atoms with Crippen molar-refractivity contribution in [2.24, 2.45) is 0 Å². The van der Waals surface area contributed by atoms with E-state index in [2.05, 4.69) is 0 Å². The molecule has 1 aliphatic heterocycles. The van der Waals surface area contributed by atoms with Crippen molar-refractivity contribution in [2.75, 3.05) is 20.1 Å².